The first-order valence-electron chi connectivity index (χ1n) is 26.0. The predicted molar refractivity (Wildman–Crippen MR) is 276 cm³/mol. The van der Waals surface area contributed by atoms with Crippen LogP contribution in [0, 0.1) is 34.8 Å². The molecule has 0 radical (unpaired) electrons. The van der Waals surface area contributed by atoms with Crippen molar-refractivity contribution >= 4 is 47.0 Å². The van der Waals surface area contributed by atoms with Gasteiger partial charge in [-0.25, -0.2) is 14.3 Å². The van der Waals surface area contributed by atoms with Gasteiger partial charge in [0.05, 0.1) is 67.8 Å². The number of alkyl halides is 1. The molecule has 1 aromatic heterocycles. The largest absolute Gasteiger partial charge is 0.481 e. The van der Waals surface area contributed by atoms with Crippen molar-refractivity contribution in [2.24, 2.45) is 17.8 Å². The van der Waals surface area contributed by atoms with Crippen molar-refractivity contribution in [1.82, 2.24) is 19.8 Å². The number of imidazole rings is 1. The van der Waals surface area contributed by atoms with Crippen LogP contribution in [0.4, 0.5) is 5.82 Å². The van der Waals surface area contributed by atoms with Gasteiger partial charge in [-0.05, 0) is 83.4 Å². The number of nitrogens with zero attached hydrogens (tertiary/aromatic N) is 4. The maximum Gasteiger partial charge on any atom is 0.342 e. The van der Waals surface area contributed by atoms with Gasteiger partial charge in [-0.3, -0.25) is 14.5 Å². The average molecular weight is 1100 g/mol. The highest BCUT2D eigenvalue weighted by Crippen LogP contribution is 2.39. The number of ether oxygens (including phenoxy) is 4. The van der Waals surface area contributed by atoms with Crippen LogP contribution in [-0.2, 0) is 39.9 Å². The molecule has 0 aliphatic carbocycles. The van der Waals surface area contributed by atoms with E-state index in [1.807, 2.05) is 18.9 Å². The van der Waals surface area contributed by atoms with Gasteiger partial charge in [0.1, 0.15) is 48.7 Å². The molecule has 0 saturated carbocycles. The molecule has 1 aromatic rings. The summed E-state index contributed by atoms with van der Waals surface area (Å²) in [7, 11) is 1.94. The molecular weight excluding hydrogens is 1010 g/mol. The van der Waals surface area contributed by atoms with Crippen LogP contribution in [-0.4, -0.2) is 202 Å². The van der Waals surface area contributed by atoms with E-state index < -0.39 is 82.5 Å². The Labute approximate surface area is 444 Å². The number of rotatable bonds is 26. The summed E-state index contributed by atoms with van der Waals surface area (Å²) in [5.74, 6) is -0.616. The molecule has 0 spiro atoms. The minimum absolute atomic E-state index is 0.0160. The third-order valence-electron chi connectivity index (χ3n) is 14.3. The van der Waals surface area contributed by atoms with E-state index >= 15 is 0 Å². The zero-order valence-electron chi connectivity index (χ0n) is 44.3. The second-order valence-electron chi connectivity index (χ2n) is 20.2. The number of likely N-dealkylation sites (tertiary alicyclic amines) is 1. The molecule has 1 amide bonds. The Balaban J connectivity index is 0.000000325. The summed E-state index contributed by atoms with van der Waals surface area (Å²) in [4.78, 5) is 51.1. The number of aromatic nitrogens is 2. The normalized spacial score (nSPS) is 30.6. The molecule has 74 heavy (non-hydrogen) atoms. The summed E-state index contributed by atoms with van der Waals surface area (Å²) >= 11 is 7.55. The number of carbonyl (C=O) groups is 3. The maximum absolute atomic E-state index is 12.9. The Hall–Kier alpha value is -3.04. The SMILES string of the molecule is C/C(=C\C(=O)OCCCCCCCCC(=O)O)C[C@@H]1OC[C@H](C[C@@H]2O[C@H]2[C@@H](C)[C@H](C)O)[C@@H](O)[C@H]1O.CCC[C@@H]1C[C@@H](C(=O)N[C@@H]([C@H]2O[C@H](SC)[C@H](O)[C@@H](O)[C@H]2O)[C@H](C)Cl)N(C)C1.Cc1ncc([N+](=O)[O-])n1CCO. The van der Waals surface area contributed by atoms with Crippen molar-refractivity contribution in [3.8, 4) is 0 Å². The standard InChI is InChI=1S/C26H44O9.C18H33ClN2O5S.C6H9N3O3/c1-16(13-23(30)33-11-9-7-5-4-6-8-10-22(28)29)12-20-25(32)24(31)19(15-34-20)14-21-26(35-21)17(2)18(3)27;1-5-6-10-7-11(21(3)8-10)17(25)20-12(9(2)19)16-14(23)13(22)15(24)18(26-16)27-4;1-5-7-4-6(9(11)12)8(5)2-3-10/h13,17-21,24-27,31-32H,4-12,14-15H2,1-3H3,(H,28,29);9-16,18,22-24H,5-8H2,1-4H3,(H,20,25);4,10H,2-3H2,1H3/b16-13+;;/t17-,18-,19-,20-,21-,24+,25-,26-;9-,10+,11-,12+,13-,14+,15+,16+,18+;/m00./s1. The molecule has 5 rings (SSSR count). The minimum Gasteiger partial charge on any atom is -0.481 e. The van der Waals surface area contributed by atoms with Gasteiger partial charge in [-0.15, -0.1) is 23.4 Å². The van der Waals surface area contributed by atoms with Crippen LogP contribution in [0.15, 0.2) is 17.8 Å². The van der Waals surface area contributed by atoms with Gasteiger partial charge in [0.2, 0.25) is 5.91 Å². The fourth-order valence-corrected chi connectivity index (χ4v) is 10.6. The van der Waals surface area contributed by atoms with E-state index in [0.29, 0.717) is 49.8 Å². The number of unbranched alkanes of at least 4 members (excludes halogenated alkanes) is 5. The van der Waals surface area contributed by atoms with Gasteiger partial charge in [-0.1, -0.05) is 51.5 Å². The lowest BCUT2D eigenvalue weighted by Gasteiger charge is -2.44. The number of hydrogen-bond donors (Lipinski definition) is 9. The first-order valence-corrected chi connectivity index (χ1v) is 27.7. The number of carboxylic acids is 1. The number of aliphatic carboxylic acids is 1. The zero-order chi connectivity index (χ0) is 55.4. The molecule has 4 saturated heterocycles. The van der Waals surface area contributed by atoms with Gasteiger partial charge >= 0.3 is 17.8 Å². The highest BCUT2D eigenvalue weighted by molar-refractivity contribution is 7.99. The minimum atomic E-state index is -1.36. The van der Waals surface area contributed by atoms with Crippen LogP contribution < -0.4 is 5.32 Å². The van der Waals surface area contributed by atoms with Crippen LogP contribution in [0.1, 0.15) is 117 Å². The smallest absolute Gasteiger partial charge is 0.342 e. The van der Waals surface area contributed by atoms with Gasteiger partial charge < -0.3 is 75.2 Å². The van der Waals surface area contributed by atoms with E-state index in [0.717, 1.165) is 57.9 Å². The molecule has 4 aliphatic heterocycles. The molecule has 17 atom stereocenters. The molecule has 4 fully saturated rings. The molecule has 9 N–H and O–H groups in total. The molecule has 22 nitrogen and oxygen atoms in total. The Morgan fingerprint density at radius 2 is 1.66 bits per heavy atom. The third-order valence-corrected chi connectivity index (χ3v) is 15.4. The number of aryl methyl sites for hydroxylation is 1. The lowest BCUT2D eigenvalue weighted by Crippen LogP contribution is -2.65. The van der Waals surface area contributed by atoms with Crippen LogP contribution in [0.25, 0.3) is 0 Å². The molecule has 0 unspecified atom stereocenters. The van der Waals surface area contributed by atoms with Crippen LogP contribution >= 0.6 is 23.4 Å². The van der Waals surface area contributed by atoms with Crippen molar-refractivity contribution < 1.29 is 79.1 Å². The zero-order valence-corrected chi connectivity index (χ0v) is 45.9. The Bertz CT molecular complexity index is 1900. The molecule has 426 valence electrons. The van der Waals surface area contributed by atoms with Crippen molar-refractivity contribution in [2.45, 2.75) is 209 Å². The molecular formula is C50H86ClN5O17S. The van der Waals surface area contributed by atoms with Crippen LogP contribution in [0.3, 0.4) is 0 Å². The fraction of sp³-hybridized carbons (Fsp3) is 0.840. The van der Waals surface area contributed by atoms with Crippen LogP contribution in [0.5, 0.6) is 0 Å². The molecule has 0 bridgehead atoms. The first kappa shape index (κ1) is 65.2. The summed E-state index contributed by atoms with van der Waals surface area (Å²) in [5.41, 5.74) is 0.00536. The van der Waals surface area contributed by atoms with E-state index in [9.17, 15) is 55.1 Å². The summed E-state index contributed by atoms with van der Waals surface area (Å²) < 4.78 is 23.9. The number of likely N-dealkylation sites (N-methyl/N-ethyl adjacent to an activating group) is 1. The summed E-state index contributed by atoms with van der Waals surface area (Å²) in [5, 5.41) is 91.5. The van der Waals surface area contributed by atoms with Gasteiger partial charge in [0.25, 0.3) is 0 Å². The molecule has 5 heterocycles. The van der Waals surface area contributed by atoms with E-state index in [-0.39, 0.29) is 61.4 Å². The number of carboxylic acid groups (broad SMARTS) is 1. The Morgan fingerprint density at radius 1 is 1.00 bits per heavy atom. The molecule has 4 aliphatic rings. The monoisotopic (exact) mass is 1100 g/mol. The number of carbonyl (C=O) groups excluding carboxylic acids is 2. The second kappa shape index (κ2) is 32.6. The average Bonchev–Trinajstić information content (AvgIpc) is 3.86. The van der Waals surface area contributed by atoms with Gasteiger partial charge in [0, 0.05) is 37.8 Å². The van der Waals surface area contributed by atoms with Crippen molar-refractivity contribution in [3.63, 3.8) is 0 Å². The summed E-state index contributed by atoms with van der Waals surface area (Å²) in [6.07, 6.45) is 5.70. The highest BCUT2D eigenvalue weighted by atomic mass is 35.5. The number of epoxide rings is 1. The van der Waals surface area contributed by atoms with E-state index in [1.54, 1.807) is 34.0 Å². The summed E-state index contributed by atoms with van der Waals surface area (Å²) in [6, 6.07) is -0.934. The quantitative estimate of drug-likeness (QED) is 0.0122. The summed E-state index contributed by atoms with van der Waals surface area (Å²) in [6.45, 7) is 12.5. The number of nitrogens with one attached hydrogen (secondary N) is 1. The number of thioether (sulfide) groups is 1. The third kappa shape index (κ3) is 20.4. The Kier molecular flexibility index (Phi) is 28.8. The number of esters is 1. The molecule has 0 aromatic carbocycles. The number of aliphatic hydroxyl groups excluding tert-OH is 7. The van der Waals surface area contributed by atoms with E-state index in [2.05, 4.69) is 17.2 Å². The first-order chi connectivity index (χ1) is 35.0. The lowest BCUT2D eigenvalue weighted by atomic mass is 9.85. The van der Waals surface area contributed by atoms with E-state index in [1.165, 1.54) is 28.6 Å². The van der Waals surface area contributed by atoms with Crippen molar-refractivity contribution in [1.29, 1.82) is 0 Å². The number of nitro groups is 1. The van der Waals surface area contributed by atoms with Gasteiger partial charge in [0.15, 0.2) is 5.82 Å². The number of aliphatic hydroxyl groups is 7. The lowest BCUT2D eigenvalue weighted by molar-refractivity contribution is -0.392. The number of hydrogen-bond acceptors (Lipinski definition) is 19. The van der Waals surface area contributed by atoms with E-state index in [4.69, 9.17) is 40.8 Å². The number of halogens is 1. The number of amides is 1. The highest BCUT2D eigenvalue weighted by Gasteiger charge is 2.50. The second-order valence-corrected chi connectivity index (χ2v) is 21.9. The molecule has 24 heteroatoms. The Morgan fingerprint density at radius 3 is 2.26 bits per heavy atom. The maximum atomic E-state index is 12.9. The van der Waals surface area contributed by atoms with Crippen molar-refractivity contribution in [3.05, 3.63) is 33.8 Å². The topological polar surface area (TPSA) is 330 Å². The van der Waals surface area contributed by atoms with Crippen molar-refractivity contribution in [2.75, 3.05) is 39.7 Å². The predicted octanol–water partition coefficient (Wildman–Crippen LogP) is 3.07. The van der Waals surface area contributed by atoms with Crippen LogP contribution in [0.2, 0.25) is 0 Å². The van der Waals surface area contributed by atoms with Gasteiger partial charge in [-0.2, -0.15) is 0 Å². The fourth-order valence-electron chi connectivity index (χ4n) is 9.68.